The van der Waals surface area contributed by atoms with Gasteiger partial charge in [0, 0.05) is 17.4 Å². The highest BCUT2D eigenvalue weighted by Crippen LogP contribution is 2.20. The molecule has 2 N–H and O–H groups in total. The Hall–Kier alpha value is -3.38. The van der Waals surface area contributed by atoms with E-state index >= 15 is 0 Å². The van der Waals surface area contributed by atoms with E-state index in [0.29, 0.717) is 21.9 Å². The van der Waals surface area contributed by atoms with Gasteiger partial charge in [0.05, 0.1) is 11.1 Å². The van der Waals surface area contributed by atoms with Crippen LogP contribution in [0.3, 0.4) is 0 Å². The van der Waals surface area contributed by atoms with E-state index in [1.165, 1.54) is 6.20 Å². The predicted molar refractivity (Wildman–Crippen MR) is 101 cm³/mol. The van der Waals surface area contributed by atoms with Crippen molar-refractivity contribution in [3.8, 4) is 5.75 Å². The van der Waals surface area contributed by atoms with Crippen molar-refractivity contribution < 1.29 is 14.3 Å². The van der Waals surface area contributed by atoms with E-state index in [2.05, 4.69) is 15.8 Å². The summed E-state index contributed by atoms with van der Waals surface area (Å²) in [5.41, 5.74) is 6.29. The van der Waals surface area contributed by atoms with Crippen molar-refractivity contribution in [1.29, 1.82) is 0 Å². The molecule has 2 aromatic carbocycles. The number of rotatable bonds is 5. The average molecular weight is 382 g/mol. The molecule has 6 nitrogen and oxygen atoms in total. The molecule has 0 aliphatic heterocycles. The maximum atomic E-state index is 12.4. The van der Waals surface area contributed by atoms with Crippen molar-refractivity contribution in [3.05, 3.63) is 94.8 Å². The summed E-state index contributed by atoms with van der Waals surface area (Å²) in [6.45, 7) is 0.281. The maximum absolute atomic E-state index is 12.4. The average Bonchev–Trinajstić information content (AvgIpc) is 2.72. The summed E-state index contributed by atoms with van der Waals surface area (Å²) >= 11 is 5.87. The molecule has 0 unspecified atom stereocenters. The summed E-state index contributed by atoms with van der Waals surface area (Å²) < 4.78 is 5.75. The molecule has 1 heterocycles. The van der Waals surface area contributed by atoms with Crippen LogP contribution in [-0.2, 0) is 6.61 Å². The van der Waals surface area contributed by atoms with E-state index in [-0.39, 0.29) is 6.61 Å². The van der Waals surface area contributed by atoms with Gasteiger partial charge in [-0.25, -0.2) is 0 Å². The van der Waals surface area contributed by atoms with Gasteiger partial charge in [0.25, 0.3) is 11.8 Å². The van der Waals surface area contributed by atoms with E-state index in [1.807, 2.05) is 12.1 Å². The molecule has 7 heteroatoms. The largest absolute Gasteiger partial charge is 0.488 e. The number of hydrogen-bond acceptors (Lipinski definition) is 4. The van der Waals surface area contributed by atoms with Gasteiger partial charge >= 0.3 is 0 Å². The zero-order valence-corrected chi connectivity index (χ0v) is 14.9. The van der Waals surface area contributed by atoms with Gasteiger partial charge in [-0.05, 0) is 42.0 Å². The zero-order chi connectivity index (χ0) is 19.1. The predicted octanol–water partition coefficient (Wildman–Crippen LogP) is 3.39. The molecule has 0 aliphatic carbocycles. The lowest BCUT2D eigenvalue weighted by molar-refractivity contribution is 0.0844. The van der Waals surface area contributed by atoms with Crippen molar-refractivity contribution in [1.82, 2.24) is 15.8 Å². The van der Waals surface area contributed by atoms with Gasteiger partial charge in [-0.3, -0.25) is 25.4 Å². The Bertz CT molecular complexity index is 931. The minimum absolute atomic E-state index is 0.281. The monoisotopic (exact) mass is 381 g/mol. The van der Waals surface area contributed by atoms with Crippen LogP contribution >= 0.6 is 11.6 Å². The summed E-state index contributed by atoms with van der Waals surface area (Å²) in [4.78, 5) is 28.3. The molecular weight excluding hydrogens is 366 g/mol. The number of nitrogens with one attached hydrogen (secondary N) is 2. The Labute approximate surface area is 161 Å². The van der Waals surface area contributed by atoms with Gasteiger partial charge in [-0.2, -0.15) is 0 Å². The fourth-order valence-electron chi connectivity index (χ4n) is 2.27. The number of amides is 2. The third kappa shape index (κ3) is 5.05. The molecule has 27 heavy (non-hydrogen) atoms. The first-order valence-corrected chi connectivity index (χ1v) is 8.48. The first-order chi connectivity index (χ1) is 13.1. The first kappa shape index (κ1) is 18.4. The Balaban J connectivity index is 1.63. The van der Waals surface area contributed by atoms with Crippen LogP contribution < -0.4 is 15.6 Å². The molecule has 2 amide bonds. The number of hydrazine groups is 1. The highest BCUT2D eigenvalue weighted by atomic mass is 35.5. The molecule has 0 atom stereocenters. The van der Waals surface area contributed by atoms with Crippen LogP contribution in [0.25, 0.3) is 0 Å². The van der Waals surface area contributed by atoms with E-state index < -0.39 is 11.8 Å². The van der Waals surface area contributed by atoms with Gasteiger partial charge in [0.2, 0.25) is 0 Å². The summed E-state index contributed by atoms with van der Waals surface area (Å²) in [6, 6.07) is 17.2. The van der Waals surface area contributed by atoms with Crippen LogP contribution in [-0.4, -0.2) is 16.8 Å². The summed E-state index contributed by atoms with van der Waals surface area (Å²) in [6.07, 6.45) is 2.97. The molecule has 3 aromatic rings. The number of carbonyl (C=O) groups excluding carboxylic acids is 2. The molecule has 0 fully saturated rings. The summed E-state index contributed by atoms with van der Waals surface area (Å²) in [7, 11) is 0. The standard InChI is InChI=1S/C20H16ClN3O3/c21-16-9-7-14(8-10-16)13-27-18-6-2-1-5-17(18)20(26)24-23-19(25)15-4-3-11-22-12-15/h1-12H,13H2,(H,23,25)(H,24,26). The van der Waals surface area contributed by atoms with Crippen molar-refractivity contribution in [2.24, 2.45) is 0 Å². The number of carbonyl (C=O) groups is 2. The third-order valence-corrected chi connectivity index (χ3v) is 3.90. The minimum atomic E-state index is -0.487. The Morgan fingerprint density at radius 1 is 0.926 bits per heavy atom. The third-order valence-electron chi connectivity index (χ3n) is 3.65. The zero-order valence-electron chi connectivity index (χ0n) is 14.2. The Morgan fingerprint density at radius 3 is 2.41 bits per heavy atom. The van der Waals surface area contributed by atoms with Crippen molar-refractivity contribution in [2.45, 2.75) is 6.61 Å². The lowest BCUT2D eigenvalue weighted by Gasteiger charge is -2.12. The minimum Gasteiger partial charge on any atom is -0.488 e. The van der Waals surface area contributed by atoms with Crippen LogP contribution in [0.4, 0.5) is 0 Å². The van der Waals surface area contributed by atoms with E-state index in [0.717, 1.165) is 5.56 Å². The number of ether oxygens (including phenoxy) is 1. The molecule has 0 saturated carbocycles. The van der Waals surface area contributed by atoms with Crippen molar-refractivity contribution in [2.75, 3.05) is 0 Å². The smallest absolute Gasteiger partial charge is 0.273 e. The number of para-hydroxylation sites is 1. The summed E-state index contributed by atoms with van der Waals surface area (Å²) in [5.74, 6) is -0.546. The molecule has 0 radical (unpaired) electrons. The van der Waals surface area contributed by atoms with Crippen LogP contribution in [0.1, 0.15) is 26.3 Å². The Morgan fingerprint density at radius 2 is 1.67 bits per heavy atom. The highest BCUT2D eigenvalue weighted by molar-refractivity contribution is 6.30. The number of benzene rings is 2. The molecule has 0 aliphatic rings. The van der Waals surface area contributed by atoms with Crippen LogP contribution in [0.2, 0.25) is 5.02 Å². The highest BCUT2D eigenvalue weighted by Gasteiger charge is 2.14. The molecule has 136 valence electrons. The second-order valence-corrected chi connectivity index (χ2v) is 6.00. The van der Waals surface area contributed by atoms with Gasteiger partial charge in [0.1, 0.15) is 12.4 Å². The topological polar surface area (TPSA) is 80.3 Å². The van der Waals surface area contributed by atoms with Gasteiger partial charge < -0.3 is 4.74 Å². The number of halogens is 1. The number of nitrogens with zero attached hydrogens (tertiary/aromatic N) is 1. The van der Waals surface area contributed by atoms with Crippen LogP contribution in [0.15, 0.2) is 73.1 Å². The lowest BCUT2D eigenvalue weighted by atomic mass is 10.2. The molecule has 0 saturated heterocycles. The van der Waals surface area contributed by atoms with E-state index in [9.17, 15) is 9.59 Å². The second-order valence-electron chi connectivity index (χ2n) is 5.56. The first-order valence-electron chi connectivity index (χ1n) is 8.10. The number of hydrogen-bond donors (Lipinski definition) is 2. The SMILES string of the molecule is O=C(NNC(=O)c1ccccc1OCc1ccc(Cl)cc1)c1cccnc1. The van der Waals surface area contributed by atoms with E-state index in [4.69, 9.17) is 16.3 Å². The van der Waals surface area contributed by atoms with E-state index in [1.54, 1.807) is 54.7 Å². The normalized spacial score (nSPS) is 10.1. The summed E-state index contributed by atoms with van der Waals surface area (Å²) in [5, 5.41) is 0.642. The molecule has 1 aromatic heterocycles. The number of aromatic nitrogens is 1. The molecule has 0 bridgehead atoms. The fraction of sp³-hybridized carbons (Fsp3) is 0.0500. The fourth-order valence-corrected chi connectivity index (χ4v) is 2.40. The quantitative estimate of drug-likeness (QED) is 0.664. The molecule has 3 rings (SSSR count). The van der Waals surface area contributed by atoms with Crippen molar-refractivity contribution >= 4 is 23.4 Å². The second kappa shape index (κ2) is 8.82. The molecular formula is C20H16ClN3O3. The molecule has 0 spiro atoms. The van der Waals surface area contributed by atoms with Crippen LogP contribution in [0.5, 0.6) is 5.75 Å². The van der Waals surface area contributed by atoms with Crippen LogP contribution in [0, 0.1) is 0 Å². The van der Waals surface area contributed by atoms with Crippen molar-refractivity contribution in [3.63, 3.8) is 0 Å². The van der Waals surface area contributed by atoms with Gasteiger partial charge in [-0.15, -0.1) is 0 Å². The van der Waals surface area contributed by atoms with Gasteiger partial charge in [0.15, 0.2) is 0 Å². The maximum Gasteiger partial charge on any atom is 0.273 e. The lowest BCUT2D eigenvalue weighted by Crippen LogP contribution is -2.41. The Kier molecular flexibility index (Phi) is 6.02. The number of pyridine rings is 1. The van der Waals surface area contributed by atoms with Gasteiger partial charge in [-0.1, -0.05) is 35.9 Å².